The number of nitrogens with two attached hydrogens (primary N) is 1. The molecule has 0 saturated carbocycles. The second kappa shape index (κ2) is 27.8. The summed E-state index contributed by atoms with van der Waals surface area (Å²) in [5.74, 6) is 2.10. The number of non-ortho nitro benzene ring substituents is 1. The number of hydrogen-bond acceptors (Lipinski definition) is 9. The van der Waals surface area contributed by atoms with Gasteiger partial charge in [-0.15, -0.1) is 23.5 Å². The summed E-state index contributed by atoms with van der Waals surface area (Å²) in [5.41, 5.74) is 65.5. The molecule has 4 heterocycles. The maximum atomic E-state index is 10.9. The Morgan fingerprint density at radius 2 is 1.00 bits per heavy atom. The monoisotopic (exact) mass is 830 g/mol. The fraction of sp³-hybridized carbons (Fsp3) is 0.143. The highest BCUT2D eigenvalue weighted by Gasteiger charge is 2.21. The number of nitro groups is 1. The van der Waals surface area contributed by atoms with Gasteiger partial charge in [0.15, 0.2) is 0 Å². The first kappa shape index (κ1) is 46.6. The number of benzene rings is 2. The van der Waals surface area contributed by atoms with Crippen molar-refractivity contribution in [2.75, 3.05) is 40.1 Å². The van der Waals surface area contributed by atoms with Crippen molar-refractivity contribution >= 4 is 46.3 Å². The van der Waals surface area contributed by atoms with Gasteiger partial charge in [-0.1, -0.05) is 18.9 Å². The third-order valence-corrected chi connectivity index (χ3v) is 9.34. The van der Waals surface area contributed by atoms with Crippen LogP contribution in [-0.4, -0.2) is 49.5 Å². The molecular formula is C49H34N8O2S2. The number of anilines is 3. The second-order valence-electron chi connectivity index (χ2n) is 11.2. The molecule has 0 radical (unpaired) electrons. The Bertz CT molecular complexity index is 2970. The molecule has 4 aromatic rings. The average molecular weight is 831 g/mol. The average Bonchev–Trinajstić information content (AvgIpc) is 3.99. The number of nitrogen functional groups attached to an aromatic ring is 1. The maximum absolute atomic E-state index is 10.9. The highest BCUT2D eigenvalue weighted by molar-refractivity contribution is 7.99. The number of fused-ring (bicyclic) bond motifs is 2. The van der Waals surface area contributed by atoms with Gasteiger partial charge in [-0.25, -0.2) is 9.97 Å². The van der Waals surface area contributed by atoms with Crippen LogP contribution in [0.25, 0.3) is 0 Å². The largest absolute Gasteiger partial charge is 0.399 e. The van der Waals surface area contributed by atoms with Gasteiger partial charge in [0.25, 0.3) is 5.69 Å². The predicted octanol–water partition coefficient (Wildman–Crippen LogP) is 9.38. The van der Waals surface area contributed by atoms with E-state index in [1.165, 1.54) is 10.6 Å². The van der Waals surface area contributed by atoms with E-state index >= 15 is 0 Å². The van der Waals surface area contributed by atoms with Gasteiger partial charge in [0.2, 0.25) is 0 Å². The van der Waals surface area contributed by atoms with Crippen LogP contribution >= 0.6 is 23.5 Å². The normalized spacial score (nSPS) is 10.0. The van der Waals surface area contributed by atoms with Crippen LogP contribution < -0.4 is 15.5 Å². The Kier molecular flexibility index (Phi) is 21.2. The minimum Gasteiger partial charge on any atom is -0.399 e. The Morgan fingerprint density at radius 3 is 1.36 bits per heavy atom. The number of aromatic amines is 2. The number of thioether (sulfide) groups is 2. The molecule has 6 rings (SSSR count). The molecule has 0 fully saturated rings. The van der Waals surface area contributed by atoms with Gasteiger partial charge >= 0.3 is 0 Å². The summed E-state index contributed by atoms with van der Waals surface area (Å²) in [4.78, 5) is 31.7. The van der Waals surface area contributed by atoms with Crippen molar-refractivity contribution in [2.24, 2.45) is 0 Å². The highest BCUT2D eigenvalue weighted by atomic mass is 32.2. The van der Waals surface area contributed by atoms with Gasteiger partial charge < -0.3 is 25.5 Å². The zero-order valence-electron chi connectivity index (χ0n) is 31.9. The summed E-state index contributed by atoms with van der Waals surface area (Å²) >= 11 is 3.63. The molecule has 0 amide bonds. The predicted molar refractivity (Wildman–Crippen MR) is 240 cm³/mol. The molecule has 0 spiro atoms. The number of nitrogens with zero attached hydrogens (tertiary/aromatic N) is 5. The number of nitro benzene ring substituents is 1. The van der Waals surface area contributed by atoms with Crippen LogP contribution in [-0.2, 0) is 13.1 Å². The number of nitrogens with one attached hydrogen (secondary N) is 2. The zero-order valence-corrected chi connectivity index (χ0v) is 33.5. The Balaban J connectivity index is 0.000000245. The molecule has 12 heteroatoms. The lowest BCUT2D eigenvalue weighted by Gasteiger charge is -2.30. The van der Waals surface area contributed by atoms with Crippen LogP contribution in [0.15, 0.2) is 210 Å². The van der Waals surface area contributed by atoms with Crippen LogP contribution in [0.5, 0.6) is 0 Å². The van der Waals surface area contributed by atoms with Crippen LogP contribution in [0.4, 0.5) is 22.7 Å². The first-order valence-electron chi connectivity index (χ1n) is 17.4. The number of aromatic nitrogens is 4. The van der Waals surface area contributed by atoms with E-state index in [0.717, 1.165) is 58.8 Å². The van der Waals surface area contributed by atoms with Crippen molar-refractivity contribution in [3.05, 3.63) is 222 Å². The van der Waals surface area contributed by atoms with E-state index in [-0.39, 0.29) is 18.0 Å². The summed E-state index contributed by atoms with van der Waals surface area (Å²) in [6, 6.07) is 11.2. The standard InChI is InChI=1S/C24H4.C12H12N4O2S.C12H14N4S.CH4/c1-3-5-7-9-11-13-15-17-19-21-23-24-22-20-18-16-14-12-10-8-6-4-2;17-16(18)10-1-2-12-11(5-10)15(3-4-19-12)7-9-6-13-8-14-9;13-9-1-2-12-11(5-9)16(3-4-17-12)7-10-6-14-8-15-10;/h1-2H2;1-2,5-6,8H,3-4,7H2,(H,13,14);1-2,5-6,8H,3-4,7,13H2,(H,14,15);1H4. The summed E-state index contributed by atoms with van der Waals surface area (Å²) in [6.07, 6.45) is 7.00. The van der Waals surface area contributed by atoms with Gasteiger partial charge in [0, 0.05) is 87.5 Å². The summed E-state index contributed by atoms with van der Waals surface area (Å²) in [6.45, 7) is 10.1. The van der Waals surface area contributed by atoms with E-state index in [1.54, 1.807) is 42.7 Å². The number of rotatable bonds is 5. The summed E-state index contributed by atoms with van der Waals surface area (Å²) in [7, 11) is 0. The van der Waals surface area contributed by atoms with Crippen molar-refractivity contribution in [3.8, 4) is 0 Å². The topological polar surface area (TPSA) is 133 Å². The molecule has 10 nitrogen and oxygen atoms in total. The minimum atomic E-state index is -0.353. The molecule has 0 saturated heterocycles. The molecule has 0 bridgehead atoms. The number of hydrogen-bond donors (Lipinski definition) is 3. The molecule has 61 heavy (non-hydrogen) atoms. The fourth-order valence-electron chi connectivity index (χ4n) is 4.80. The van der Waals surface area contributed by atoms with E-state index in [9.17, 15) is 10.1 Å². The molecular weight excluding hydrogens is 797 g/mol. The molecule has 2 aromatic heterocycles. The van der Waals surface area contributed by atoms with Crippen LogP contribution in [0.3, 0.4) is 0 Å². The third kappa shape index (κ3) is 17.5. The van der Waals surface area contributed by atoms with Crippen LogP contribution in [0, 0.1) is 10.1 Å². The Hall–Kier alpha value is -8.74. The summed E-state index contributed by atoms with van der Waals surface area (Å²) in [5, 5.41) is 10.9. The molecule has 0 unspecified atom stereocenters. The first-order valence-corrected chi connectivity index (χ1v) is 19.4. The zero-order chi connectivity index (χ0) is 42.5. The van der Waals surface area contributed by atoms with Gasteiger partial charge in [0.1, 0.15) is 0 Å². The van der Waals surface area contributed by atoms with Gasteiger partial charge in [-0.05, 0) is 129 Å². The van der Waals surface area contributed by atoms with E-state index < -0.39 is 0 Å². The third-order valence-electron chi connectivity index (χ3n) is 7.25. The lowest BCUT2D eigenvalue weighted by atomic mass is 10.2. The van der Waals surface area contributed by atoms with Crippen molar-refractivity contribution < 1.29 is 4.92 Å². The molecule has 2 aliphatic heterocycles. The number of imidazole rings is 2. The second-order valence-corrected chi connectivity index (χ2v) is 13.5. The van der Waals surface area contributed by atoms with E-state index in [0.29, 0.717) is 6.54 Å². The molecule has 4 N–H and O–H groups in total. The number of H-pyrrole nitrogens is 2. The van der Waals surface area contributed by atoms with Crippen molar-refractivity contribution in [1.29, 1.82) is 0 Å². The molecule has 2 aliphatic rings. The lowest BCUT2D eigenvalue weighted by molar-refractivity contribution is -0.384. The Morgan fingerprint density at radius 1 is 0.623 bits per heavy atom. The fourth-order valence-corrected chi connectivity index (χ4v) is 6.86. The van der Waals surface area contributed by atoms with Gasteiger partial charge in [0.05, 0.1) is 53.4 Å². The van der Waals surface area contributed by atoms with Crippen molar-refractivity contribution in [3.63, 3.8) is 0 Å². The highest BCUT2D eigenvalue weighted by Crippen LogP contribution is 2.38. The van der Waals surface area contributed by atoms with E-state index in [1.807, 2.05) is 30.1 Å². The van der Waals surface area contributed by atoms with Gasteiger partial charge in [-0.2, -0.15) is 0 Å². The lowest BCUT2D eigenvalue weighted by Crippen LogP contribution is -2.28. The van der Waals surface area contributed by atoms with Crippen LogP contribution in [0.1, 0.15) is 18.8 Å². The quantitative estimate of drug-likeness (QED) is 0.0779. The smallest absolute Gasteiger partial charge is 0.271 e. The van der Waals surface area contributed by atoms with Crippen molar-refractivity contribution in [2.45, 2.75) is 30.3 Å². The Labute approximate surface area is 362 Å². The summed E-state index contributed by atoms with van der Waals surface area (Å²) < 4.78 is 0. The van der Waals surface area contributed by atoms with Crippen LogP contribution in [0.2, 0.25) is 0 Å². The minimum absolute atomic E-state index is 0. The maximum Gasteiger partial charge on any atom is 0.271 e. The first-order chi connectivity index (χ1) is 29.5. The van der Waals surface area contributed by atoms with Crippen molar-refractivity contribution in [1.82, 2.24) is 19.9 Å². The van der Waals surface area contributed by atoms with Gasteiger partial charge in [-0.3, -0.25) is 10.1 Å². The SMILES string of the molecule is C.C=C=C=C=C=C=C=C=C=C=C=C=C=C=C=C=C=C=C=C=C=C=C=C.Nc1ccc2c(c1)N(Cc1cnc[nH]1)CCS2.O=[N+]([O-])c1ccc2c(c1)N(Cc1cnc[nH]1)CCS2. The van der Waals surface area contributed by atoms with E-state index in [4.69, 9.17) is 5.73 Å². The molecule has 0 aliphatic carbocycles. The molecule has 2 aromatic carbocycles. The molecule has 294 valence electrons. The molecule has 0 atom stereocenters. The van der Waals surface area contributed by atoms with E-state index in [2.05, 4.69) is 181 Å².